The molecule has 4 aromatic rings. The van der Waals surface area contributed by atoms with E-state index in [1.807, 2.05) is 0 Å². The van der Waals surface area contributed by atoms with Gasteiger partial charge in [0.25, 0.3) is 0 Å². The molecule has 246 valence electrons. The van der Waals surface area contributed by atoms with Gasteiger partial charge in [-0.25, -0.2) is 26.4 Å². The number of halogens is 3. The fourth-order valence-corrected chi connectivity index (χ4v) is 7.57. The molecular formula is C34H33F3N4O5S. The predicted octanol–water partition coefficient (Wildman–Crippen LogP) is 5.11. The van der Waals surface area contributed by atoms with E-state index >= 15 is 4.39 Å². The van der Waals surface area contributed by atoms with Crippen molar-refractivity contribution in [2.45, 2.75) is 35.7 Å². The number of hydrogen-bond acceptors (Lipinski definition) is 5. The van der Waals surface area contributed by atoms with Gasteiger partial charge in [-0.15, -0.1) is 0 Å². The van der Waals surface area contributed by atoms with Crippen molar-refractivity contribution in [2.75, 3.05) is 25.0 Å². The molecule has 0 aromatic heterocycles. The highest BCUT2D eigenvalue weighted by atomic mass is 32.2. The van der Waals surface area contributed by atoms with Gasteiger partial charge in [-0.1, -0.05) is 48.5 Å². The van der Waals surface area contributed by atoms with Gasteiger partial charge >= 0.3 is 6.09 Å². The molecule has 1 heterocycles. The van der Waals surface area contributed by atoms with E-state index in [-0.39, 0.29) is 46.7 Å². The maximum absolute atomic E-state index is 15.3. The molecule has 0 aliphatic carbocycles. The Balaban J connectivity index is 1.43. The zero-order valence-corrected chi connectivity index (χ0v) is 25.9. The minimum Gasteiger partial charge on any atom is -0.465 e. The summed E-state index contributed by atoms with van der Waals surface area (Å²) >= 11 is 0. The molecule has 1 fully saturated rings. The summed E-state index contributed by atoms with van der Waals surface area (Å²) in [5.74, 6) is -4.01. The van der Waals surface area contributed by atoms with E-state index in [0.29, 0.717) is 13.1 Å². The Bertz CT molecular complexity index is 1800. The van der Waals surface area contributed by atoms with Crippen LogP contribution in [-0.2, 0) is 21.2 Å². The molecular weight excluding hydrogens is 633 g/mol. The van der Waals surface area contributed by atoms with Crippen LogP contribution < -0.4 is 16.0 Å². The van der Waals surface area contributed by atoms with E-state index in [0.717, 1.165) is 12.1 Å². The largest absolute Gasteiger partial charge is 0.465 e. The second kappa shape index (κ2) is 14.8. The molecule has 1 aliphatic rings. The van der Waals surface area contributed by atoms with Gasteiger partial charge in [0.15, 0.2) is 0 Å². The van der Waals surface area contributed by atoms with Crippen LogP contribution in [0.15, 0.2) is 102 Å². The van der Waals surface area contributed by atoms with Crippen molar-refractivity contribution in [1.29, 1.82) is 0 Å². The normalized spacial score (nSPS) is 16.0. The zero-order chi connectivity index (χ0) is 33.6. The standard InChI is InChI=1S/C34H33F3N4O5S/c35-24-9-4-7-22(19-24)31(23-8-5-10-25(36)20-23)32(40-34(43)44)33(42)39-30-14-6-13-29(37)28(30)16-15-26-21-38-17-18-41(26)47(45,46)27-11-2-1-3-12-27/h1-14,19-20,26,31-32,38,40H,15-18,21H2,(H,39,42)(H,43,44). The minimum atomic E-state index is -3.83. The fraction of sp³-hybridized carbons (Fsp3) is 0.235. The van der Waals surface area contributed by atoms with Gasteiger partial charge in [-0.05, 0) is 72.5 Å². The number of carbonyl (C=O) groups excluding carboxylic acids is 1. The summed E-state index contributed by atoms with van der Waals surface area (Å²) in [5.41, 5.74) is 0.540. The quantitative estimate of drug-likeness (QED) is 0.176. The first kappa shape index (κ1) is 33.6. The smallest absolute Gasteiger partial charge is 0.405 e. The van der Waals surface area contributed by atoms with Crippen LogP contribution in [0.2, 0.25) is 0 Å². The first-order chi connectivity index (χ1) is 22.5. The lowest BCUT2D eigenvalue weighted by Crippen LogP contribution is -2.53. The molecule has 2 amide bonds. The average molecular weight is 667 g/mol. The molecule has 0 spiro atoms. The molecule has 5 rings (SSSR count). The number of anilines is 1. The highest BCUT2D eigenvalue weighted by Crippen LogP contribution is 2.31. The van der Waals surface area contributed by atoms with Crippen LogP contribution in [0.4, 0.5) is 23.7 Å². The molecule has 0 radical (unpaired) electrons. The third-order valence-electron chi connectivity index (χ3n) is 8.06. The van der Waals surface area contributed by atoms with E-state index in [9.17, 15) is 31.9 Å². The Morgan fingerprint density at radius 1 is 0.894 bits per heavy atom. The molecule has 0 bridgehead atoms. The van der Waals surface area contributed by atoms with Gasteiger partial charge in [0.05, 0.1) is 4.90 Å². The van der Waals surface area contributed by atoms with Crippen molar-refractivity contribution >= 4 is 27.7 Å². The summed E-state index contributed by atoms with van der Waals surface area (Å²) < 4.78 is 72.3. The molecule has 47 heavy (non-hydrogen) atoms. The maximum Gasteiger partial charge on any atom is 0.405 e. The summed E-state index contributed by atoms with van der Waals surface area (Å²) in [5, 5.41) is 17.7. The van der Waals surface area contributed by atoms with Crippen molar-refractivity contribution in [1.82, 2.24) is 14.9 Å². The lowest BCUT2D eigenvalue weighted by Gasteiger charge is -2.35. The first-order valence-corrected chi connectivity index (χ1v) is 16.3. The number of rotatable bonds is 11. The number of carbonyl (C=O) groups is 2. The second-order valence-electron chi connectivity index (χ2n) is 11.1. The number of nitrogens with one attached hydrogen (secondary N) is 3. The van der Waals surface area contributed by atoms with Crippen LogP contribution in [0, 0.1) is 17.5 Å². The fourth-order valence-electron chi connectivity index (χ4n) is 5.89. The van der Waals surface area contributed by atoms with Gasteiger partial charge in [0.2, 0.25) is 15.9 Å². The lowest BCUT2D eigenvalue weighted by molar-refractivity contribution is -0.118. The molecule has 9 nitrogen and oxygen atoms in total. The first-order valence-electron chi connectivity index (χ1n) is 14.9. The molecule has 2 unspecified atom stereocenters. The number of hydrogen-bond donors (Lipinski definition) is 4. The number of amides is 2. The number of benzene rings is 4. The van der Waals surface area contributed by atoms with Crippen molar-refractivity contribution in [3.63, 3.8) is 0 Å². The van der Waals surface area contributed by atoms with E-state index in [1.54, 1.807) is 18.2 Å². The summed E-state index contributed by atoms with van der Waals surface area (Å²) in [6.45, 7) is 0.988. The highest BCUT2D eigenvalue weighted by molar-refractivity contribution is 7.89. The summed E-state index contributed by atoms with van der Waals surface area (Å²) in [7, 11) is -3.83. The molecule has 4 aromatic carbocycles. The van der Waals surface area contributed by atoms with Gasteiger partial charge < -0.3 is 21.1 Å². The molecule has 4 N–H and O–H groups in total. The second-order valence-corrected chi connectivity index (χ2v) is 13.0. The molecule has 1 aliphatic heterocycles. The van der Waals surface area contributed by atoms with Crippen LogP contribution in [0.25, 0.3) is 0 Å². The summed E-state index contributed by atoms with van der Waals surface area (Å²) in [4.78, 5) is 25.9. The SMILES string of the molecule is O=C(O)NC(C(=O)Nc1cccc(F)c1CCC1CNCCN1S(=O)(=O)c1ccccc1)C(c1cccc(F)c1)c1cccc(F)c1. The van der Waals surface area contributed by atoms with E-state index in [4.69, 9.17) is 0 Å². The Kier molecular flexibility index (Phi) is 10.6. The summed E-state index contributed by atoms with van der Waals surface area (Å²) in [6, 6.07) is 20.3. The average Bonchev–Trinajstić information content (AvgIpc) is 3.04. The van der Waals surface area contributed by atoms with Gasteiger partial charge in [0.1, 0.15) is 23.5 Å². The Morgan fingerprint density at radius 3 is 2.15 bits per heavy atom. The van der Waals surface area contributed by atoms with Crippen LogP contribution in [0.1, 0.15) is 29.0 Å². The van der Waals surface area contributed by atoms with Gasteiger partial charge in [-0.2, -0.15) is 4.31 Å². The van der Waals surface area contributed by atoms with Gasteiger partial charge in [-0.3, -0.25) is 4.79 Å². The predicted molar refractivity (Wildman–Crippen MR) is 170 cm³/mol. The Hall–Kier alpha value is -4.72. The number of piperazine rings is 1. The number of nitrogens with zero attached hydrogens (tertiary/aromatic N) is 1. The van der Waals surface area contributed by atoms with Crippen molar-refractivity contribution in [2.24, 2.45) is 0 Å². The van der Waals surface area contributed by atoms with Crippen LogP contribution in [-0.4, -0.2) is 61.5 Å². The van der Waals surface area contributed by atoms with E-state index < -0.39 is 57.5 Å². The number of sulfonamides is 1. The Labute approximate surface area is 270 Å². The Morgan fingerprint density at radius 2 is 1.53 bits per heavy atom. The molecule has 13 heteroatoms. The van der Waals surface area contributed by atoms with Gasteiger partial charge in [0, 0.05) is 42.8 Å². The van der Waals surface area contributed by atoms with E-state index in [1.165, 1.54) is 71.0 Å². The molecule has 0 saturated carbocycles. The van der Waals surface area contributed by atoms with Crippen LogP contribution in [0.3, 0.4) is 0 Å². The molecule has 1 saturated heterocycles. The van der Waals surface area contributed by atoms with E-state index in [2.05, 4.69) is 16.0 Å². The van der Waals surface area contributed by atoms with Crippen molar-refractivity contribution < 1.29 is 36.3 Å². The third-order valence-corrected chi connectivity index (χ3v) is 10.0. The van der Waals surface area contributed by atoms with Crippen LogP contribution >= 0.6 is 0 Å². The zero-order valence-electron chi connectivity index (χ0n) is 25.1. The number of carboxylic acid groups (broad SMARTS) is 1. The third kappa shape index (κ3) is 7.99. The lowest BCUT2D eigenvalue weighted by atomic mass is 9.84. The molecule has 2 atom stereocenters. The summed E-state index contributed by atoms with van der Waals surface area (Å²) in [6.07, 6.45) is -1.33. The topological polar surface area (TPSA) is 128 Å². The highest BCUT2D eigenvalue weighted by Gasteiger charge is 2.35. The van der Waals surface area contributed by atoms with Crippen molar-refractivity contribution in [3.05, 3.63) is 131 Å². The monoisotopic (exact) mass is 666 g/mol. The maximum atomic E-state index is 15.3. The van der Waals surface area contributed by atoms with Crippen LogP contribution in [0.5, 0.6) is 0 Å². The minimum absolute atomic E-state index is 0.0314. The van der Waals surface area contributed by atoms with Crippen molar-refractivity contribution in [3.8, 4) is 0 Å².